The van der Waals surface area contributed by atoms with Crippen LogP contribution in [0, 0.1) is 11.7 Å². The highest BCUT2D eigenvalue weighted by atomic mass is 19.1. The van der Waals surface area contributed by atoms with Crippen LogP contribution in [0.3, 0.4) is 0 Å². The first kappa shape index (κ1) is 23.4. The minimum Gasteiger partial charge on any atom is -0.453 e. The van der Waals surface area contributed by atoms with Gasteiger partial charge in [-0.1, -0.05) is 25.8 Å². The molecular weight excluding hydrogens is 409 g/mol. The van der Waals surface area contributed by atoms with E-state index < -0.39 is 5.82 Å². The van der Waals surface area contributed by atoms with Crippen LogP contribution in [0.4, 0.5) is 4.39 Å². The van der Waals surface area contributed by atoms with Crippen LogP contribution < -0.4 is 10.1 Å². The Morgan fingerprint density at radius 2 is 2.06 bits per heavy atom. The van der Waals surface area contributed by atoms with Crippen LogP contribution in [0.5, 0.6) is 11.5 Å². The molecule has 2 aromatic rings. The predicted octanol–water partition coefficient (Wildman–Crippen LogP) is 4.57. The number of nitrogens with one attached hydrogen (secondary N) is 1. The van der Waals surface area contributed by atoms with Gasteiger partial charge in [-0.3, -0.25) is 14.6 Å². The maximum atomic E-state index is 14.4. The molecule has 1 aliphatic heterocycles. The number of carbonyl (C=O) groups is 2. The largest absolute Gasteiger partial charge is 0.453 e. The minimum absolute atomic E-state index is 0.0360. The minimum atomic E-state index is -0.519. The zero-order chi connectivity index (χ0) is 22.8. The van der Waals surface area contributed by atoms with Gasteiger partial charge in [-0.25, -0.2) is 4.39 Å². The van der Waals surface area contributed by atoms with Crippen molar-refractivity contribution in [3.8, 4) is 11.5 Å². The van der Waals surface area contributed by atoms with Gasteiger partial charge in [0.25, 0.3) is 0 Å². The summed E-state index contributed by atoms with van der Waals surface area (Å²) in [5, 5.41) is 3.00. The quantitative estimate of drug-likeness (QED) is 0.459. The van der Waals surface area contributed by atoms with Gasteiger partial charge in [0.15, 0.2) is 11.6 Å². The third-order valence-corrected chi connectivity index (χ3v) is 5.49. The lowest BCUT2D eigenvalue weighted by Crippen LogP contribution is -2.42. The fourth-order valence-electron chi connectivity index (χ4n) is 3.60. The average molecular weight is 440 g/mol. The SMILES string of the molecule is CCCCCNC(=O)C1CCN(C(=O)/C=C/c2ccc(Oc3cccnc3)c(F)c2)CC1. The highest BCUT2D eigenvalue weighted by Gasteiger charge is 2.26. The second-order valence-corrected chi connectivity index (χ2v) is 7.91. The Labute approximate surface area is 188 Å². The first-order chi connectivity index (χ1) is 15.6. The Morgan fingerprint density at radius 3 is 2.75 bits per heavy atom. The van der Waals surface area contributed by atoms with Crippen LogP contribution in [0.25, 0.3) is 6.08 Å². The van der Waals surface area contributed by atoms with Crippen LogP contribution in [0.2, 0.25) is 0 Å². The second kappa shape index (κ2) is 12.0. The summed E-state index contributed by atoms with van der Waals surface area (Å²) in [4.78, 5) is 30.4. The monoisotopic (exact) mass is 439 g/mol. The molecule has 0 atom stereocenters. The fraction of sp³-hybridized carbons (Fsp3) is 0.400. The topological polar surface area (TPSA) is 71.5 Å². The number of nitrogens with zero attached hydrogens (tertiary/aromatic N) is 2. The molecule has 1 aromatic carbocycles. The lowest BCUT2D eigenvalue weighted by Gasteiger charge is -2.30. The normalized spacial score (nSPS) is 14.5. The van der Waals surface area contributed by atoms with Gasteiger partial charge >= 0.3 is 0 Å². The average Bonchev–Trinajstić information content (AvgIpc) is 2.82. The molecule has 0 aliphatic carbocycles. The molecule has 2 heterocycles. The van der Waals surface area contributed by atoms with Gasteiger partial charge in [-0.15, -0.1) is 0 Å². The number of rotatable bonds is 9. The van der Waals surface area contributed by atoms with Crippen molar-refractivity contribution in [2.45, 2.75) is 39.0 Å². The zero-order valence-corrected chi connectivity index (χ0v) is 18.4. The summed E-state index contributed by atoms with van der Waals surface area (Å²) >= 11 is 0. The smallest absolute Gasteiger partial charge is 0.246 e. The summed E-state index contributed by atoms with van der Waals surface area (Å²) in [7, 11) is 0. The maximum Gasteiger partial charge on any atom is 0.246 e. The van der Waals surface area contributed by atoms with E-state index in [1.54, 1.807) is 35.4 Å². The third kappa shape index (κ3) is 6.90. The number of hydrogen-bond acceptors (Lipinski definition) is 4. The molecule has 1 N–H and O–H groups in total. The Hall–Kier alpha value is -3.22. The number of carbonyl (C=O) groups excluding carboxylic acids is 2. The van der Waals surface area contributed by atoms with E-state index in [4.69, 9.17) is 4.74 Å². The predicted molar refractivity (Wildman–Crippen MR) is 122 cm³/mol. The van der Waals surface area contributed by atoms with Gasteiger partial charge in [0.05, 0.1) is 6.20 Å². The van der Waals surface area contributed by atoms with E-state index in [0.717, 1.165) is 25.8 Å². The van der Waals surface area contributed by atoms with Gasteiger partial charge in [-0.2, -0.15) is 0 Å². The molecule has 0 spiro atoms. The number of benzene rings is 1. The molecule has 0 saturated carbocycles. The van der Waals surface area contributed by atoms with Gasteiger partial charge < -0.3 is 15.0 Å². The number of aromatic nitrogens is 1. The number of pyridine rings is 1. The fourth-order valence-corrected chi connectivity index (χ4v) is 3.60. The standard InChI is InChI=1S/C25H30FN3O3/c1-2-3-4-14-28-25(31)20-11-15-29(16-12-20)24(30)10-8-19-7-9-23(22(26)17-19)32-21-6-5-13-27-18-21/h5-10,13,17-18,20H,2-4,11-12,14-16H2,1H3,(H,28,31)/b10-8+. The molecule has 2 amide bonds. The van der Waals surface area contributed by atoms with Gasteiger partial charge in [0, 0.05) is 37.8 Å². The second-order valence-electron chi connectivity index (χ2n) is 7.91. The first-order valence-corrected chi connectivity index (χ1v) is 11.2. The van der Waals surface area contributed by atoms with Crippen molar-refractivity contribution in [2.24, 2.45) is 5.92 Å². The number of amides is 2. The molecule has 32 heavy (non-hydrogen) atoms. The third-order valence-electron chi connectivity index (χ3n) is 5.49. The van der Waals surface area contributed by atoms with Gasteiger partial charge in [0.1, 0.15) is 5.75 Å². The van der Waals surface area contributed by atoms with Crippen LogP contribution in [0.1, 0.15) is 44.6 Å². The Balaban J connectivity index is 1.47. The van der Waals surface area contributed by atoms with Crippen molar-refractivity contribution < 1.29 is 18.7 Å². The number of halogens is 1. The van der Waals surface area contributed by atoms with Crippen molar-refractivity contribution in [1.29, 1.82) is 0 Å². The van der Waals surface area contributed by atoms with E-state index in [2.05, 4.69) is 17.2 Å². The van der Waals surface area contributed by atoms with Gasteiger partial charge in [0.2, 0.25) is 11.8 Å². The Kier molecular flexibility index (Phi) is 8.78. The Bertz CT molecular complexity index is 925. The van der Waals surface area contributed by atoms with Crippen LogP contribution in [-0.4, -0.2) is 41.3 Å². The number of ether oxygens (including phenoxy) is 1. The molecule has 7 heteroatoms. The summed E-state index contributed by atoms with van der Waals surface area (Å²) in [5.74, 6) is -0.0597. The van der Waals surface area contributed by atoms with Gasteiger partial charge in [-0.05, 0) is 55.2 Å². The molecule has 1 aromatic heterocycles. The van der Waals surface area contributed by atoms with Crippen molar-refractivity contribution in [3.05, 3.63) is 60.2 Å². The van der Waals surface area contributed by atoms with E-state index in [-0.39, 0.29) is 23.5 Å². The zero-order valence-electron chi connectivity index (χ0n) is 18.4. The van der Waals surface area contributed by atoms with E-state index >= 15 is 0 Å². The van der Waals surface area contributed by atoms with E-state index in [0.29, 0.717) is 37.2 Å². The van der Waals surface area contributed by atoms with Crippen LogP contribution in [0.15, 0.2) is 48.8 Å². The molecule has 1 saturated heterocycles. The molecule has 170 valence electrons. The lowest BCUT2D eigenvalue weighted by molar-refractivity contribution is -0.132. The molecule has 0 radical (unpaired) electrons. The Morgan fingerprint density at radius 1 is 1.25 bits per heavy atom. The number of likely N-dealkylation sites (tertiary alicyclic amines) is 1. The number of hydrogen-bond donors (Lipinski definition) is 1. The highest BCUT2D eigenvalue weighted by Crippen LogP contribution is 2.25. The molecule has 0 unspecified atom stereocenters. The van der Waals surface area contributed by atoms with Crippen LogP contribution >= 0.6 is 0 Å². The van der Waals surface area contributed by atoms with Crippen molar-refractivity contribution >= 4 is 17.9 Å². The molecule has 3 rings (SSSR count). The molecule has 1 fully saturated rings. The van der Waals surface area contributed by atoms with E-state index in [9.17, 15) is 14.0 Å². The molecule has 6 nitrogen and oxygen atoms in total. The summed E-state index contributed by atoms with van der Waals surface area (Å²) in [6.07, 6.45) is 10.7. The first-order valence-electron chi connectivity index (χ1n) is 11.2. The highest BCUT2D eigenvalue weighted by molar-refractivity contribution is 5.92. The lowest BCUT2D eigenvalue weighted by atomic mass is 9.95. The number of piperidine rings is 1. The van der Waals surface area contributed by atoms with Crippen molar-refractivity contribution in [3.63, 3.8) is 0 Å². The summed E-state index contributed by atoms with van der Waals surface area (Å²) in [6.45, 7) is 3.94. The molecular formula is C25H30FN3O3. The van der Waals surface area contributed by atoms with E-state index in [1.165, 1.54) is 24.4 Å². The van der Waals surface area contributed by atoms with Crippen LogP contribution in [-0.2, 0) is 9.59 Å². The summed E-state index contributed by atoms with van der Waals surface area (Å²) in [5.41, 5.74) is 0.565. The summed E-state index contributed by atoms with van der Waals surface area (Å²) in [6, 6.07) is 7.94. The van der Waals surface area contributed by atoms with E-state index in [1.807, 2.05) is 0 Å². The molecule has 1 aliphatic rings. The van der Waals surface area contributed by atoms with Crippen molar-refractivity contribution in [1.82, 2.24) is 15.2 Å². The molecule has 0 bridgehead atoms. The maximum absolute atomic E-state index is 14.4. The number of unbranched alkanes of at least 4 members (excludes halogenated alkanes) is 2. The van der Waals surface area contributed by atoms with Crippen molar-refractivity contribution in [2.75, 3.05) is 19.6 Å². The summed E-state index contributed by atoms with van der Waals surface area (Å²) < 4.78 is 19.8.